The molecule has 0 aromatic carbocycles. The maximum absolute atomic E-state index is 6.57. The van der Waals surface area contributed by atoms with Crippen LogP contribution in [0.2, 0.25) is 0 Å². The predicted molar refractivity (Wildman–Crippen MR) is 30.2 cm³/mol. The maximum Gasteiger partial charge on any atom is 0.0391 e. The summed E-state index contributed by atoms with van der Waals surface area (Å²) in [4.78, 5) is 0. The van der Waals surface area contributed by atoms with Crippen molar-refractivity contribution in [2.24, 2.45) is 5.73 Å². The predicted octanol–water partition coefficient (Wildman–Crippen LogP) is 0.297. The van der Waals surface area contributed by atoms with Gasteiger partial charge in [0.05, 0.1) is 0 Å². The van der Waals surface area contributed by atoms with Crippen LogP contribution in [0.15, 0.2) is 0 Å². The van der Waals surface area contributed by atoms with Crippen LogP contribution in [-0.2, 0) is 0 Å². The van der Waals surface area contributed by atoms with Crippen LogP contribution >= 0.6 is 25.0 Å². The third-order valence-corrected chi connectivity index (χ3v) is 0.316. The molecule has 1 unspecified atom stereocenters. The quantitative estimate of drug-likeness (QED) is 0.471. The summed E-state index contributed by atoms with van der Waals surface area (Å²) < 4.78 is 6.57. The molecule has 0 spiro atoms. The molecule has 0 saturated carbocycles. The SMILES string of the molecule is Cl.[2H]C(S)CN. The molecule has 1 atom stereocenters. The van der Waals surface area contributed by atoms with Gasteiger partial charge in [-0.15, -0.1) is 12.4 Å². The summed E-state index contributed by atoms with van der Waals surface area (Å²) in [6, 6.07) is 0. The number of thiol groups is 1. The molecule has 1 nitrogen and oxygen atoms in total. The minimum Gasteiger partial charge on any atom is -0.330 e. The van der Waals surface area contributed by atoms with Gasteiger partial charge in [0, 0.05) is 13.6 Å². The van der Waals surface area contributed by atoms with Gasteiger partial charge in [-0.1, -0.05) is 0 Å². The Morgan fingerprint density at radius 2 is 2.20 bits per heavy atom. The van der Waals surface area contributed by atoms with E-state index in [1.165, 1.54) is 0 Å². The lowest BCUT2D eigenvalue weighted by Crippen LogP contribution is -1.97. The Hall–Kier alpha value is 0.600. The van der Waals surface area contributed by atoms with E-state index >= 15 is 0 Å². The van der Waals surface area contributed by atoms with Crippen LogP contribution < -0.4 is 5.73 Å². The third-order valence-electron chi connectivity index (χ3n) is 0.105. The first-order valence-corrected chi connectivity index (χ1v) is 1.59. The minimum atomic E-state index is -0.394. The monoisotopic (exact) mass is 114 g/mol. The molecule has 0 aliphatic heterocycles. The third kappa shape index (κ3) is 12.1. The Balaban J connectivity index is 0. The Labute approximate surface area is 45.2 Å². The van der Waals surface area contributed by atoms with Gasteiger partial charge >= 0.3 is 0 Å². The molecule has 0 saturated heterocycles. The first-order chi connectivity index (χ1) is 2.27. The summed E-state index contributed by atoms with van der Waals surface area (Å²) >= 11 is 3.64. The fourth-order valence-corrected chi connectivity index (χ4v) is 0. The van der Waals surface area contributed by atoms with Crippen LogP contribution in [0.5, 0.6) is 0 Å². The van der Waals surface area contributed by atoms with Crippen LogP contribution in [0, 0.1) is 0 Å². The minimum absolute atomic E-state index is 0. The highest BCUT2D eigenvalue weighted by molar-refractivity contribution is 7.80. The van der Waals surface area contributed by atoms with Crippen molar-refractivity contribution in [3.8, 4) is 0 Å². The van der Waals surface area contributed by atoms with Crippen molar-refractivity contribution in [3.05, 3.63) is 0 Å². The highest BCUT2D eigenvalue weighted by Gasteiger charge is 1.56. The van der Waals surface area contributed by atoms with Gasteiger partial charge in [0.15, 0.2) is 0 Å². The highest BCUT2D eigenvalue weighted by atomic mass is 35.5. The number of halogens is 1. The molecule has 0 bridgehead atoms. The summed E-state index contributed by atoms with van der Waals surface area (Å²) in [5, 5.41) is 0. The summed E-state index contributed by atoms with van der Waals surface area (Å²) in [7, 11) is 0. The molecular formula is C2H8ClNS. The van der Waals surface area contributed by atoms with Gasteiger partial charge in [0.2, 0.25) is 0 Å². The van der Waals surface area contributed by atoms with Crippen LogP contribution in [0.25, 0.3) is 0 Å². The molecule has 2 N–H and O–H groups in total. The number of hydrogen-bond donors (Lipinski definition) is 2. The highest BCUT2D eigenvalue weighted by Crippen LogP contribution is 1.58. The molecule has 0 aliphatic rings. The van der Waals surface area contributed by atoms with E-state index in [1.54, 1.807) is 0 Å². The van der Waals surface area contributed by atoms with Crippen LogP contribution in [0.1, 0.15) is 1.37 Å². The molecular weight excluding hydrogens is 106 g/mol. The first kappa shape index (κ1) is 5.60. The van der Waals surface area contributed by atoms with Crippen molar-refractivity contribution in [3.63, 3.8) is 0 Å². The fraction of sp³-hybridized carbons (Fsp3) is 1.00. The van der Waals surface area contributed by atoms with Crippen molar-refractivity contribution in [2.45, 2.75) is 0 Å². The lowest BCUT2D eigenvalue weighted by molar-refractivity contribution is 1.16. The zero-order valence-corrected chi connectivity index (χ0v) is 4.43. The molecule has 5 heavy (non-hydrogen) atoms. The molecule has 34 valence electrons. The van der Waals surface area contributed by atoms with Gasteiger partial charge in [-0.2, -0.15) is 12.6 Å². The first-order valence-electron chi connectivity index (χ1n) is 1.65. The Morgan fingerprint density at radius 3 is 2.20 bits per heavy atom. The van der Waals surface area contributed by atoms with Crippen molar-refractivity contribution < 1.29 is 1.37 Å². The van der Waals surface area contributed by atoms with E-state index in [-0.39, 0.29) is 12.4 Å². The molecule has 0 aromatic heterocycles. The Bertz CT molecular complexity index is 27.5. The van der Waals surface area contributed by atoms with Crippen LogP contribution in [0.4, 0.5) is 0 Å². The van der Waals surface area contributed by atoms with Crippen molar-refractivity contribution in [1.29, 1.82) is 0 Å². The zero-order valence-electron chi connectivity index (χ0n) is 3.72. The van der Waals surface area contributed by atoms with Crippen LogP contribution in [-0.4, -0.2) is 12.3 Å². The topological polar surface area (TPSA) is 26.0 Å². The van der Waals surface area contributed by atoms with E-state index in [0.717, 1.165) is 0 Å². The largest absolute Gasteiger partial charge is 0.330 e. The average molecular weight is 115 g/mol. The van der Waals surface area contributed by atoms with Gasteiger partial charge in [-0.3, -0.25) is 0 Å². The van der Waals surface area contributed by atoms with Gasteiger partial charge < -0.3 is 5.73 Å². The van der Waals surface area contributed by atoms with Gasteiger partial charge in [-0.25, -0.2) is 0 Å². The molecule has 0 amide bonds. The van der Waals surface area contributed by atoms with E-state index in [0.29, 0.717) is 6.54 Å². The zero-order chi connectivity index (χ0) is 4.28. The fourth-order valence-electron chi connectivity index (χ4n) is 0. The standard InChI is InChI=1S/C2H7NS.ClH/c3-1-2-4;/h4H,1-3H2;1H/i2D;. The molecule has 0 heterocycles. The lowest BCUT2D eigenvalue weighted by Gasteiger charge is -1.69. The second kappa shape index (κ2) is 8.82. The molecule has 0 fully saturated rings. The van der Waals surface area contributed by atoms with Gasteiger partial charge in [-0.05, 0) is 0 Å². The summed E-state index contributed by atoms with van der Waals surface area (Å²) in [5.41, 5.74) is 4.51. The second-order valence-corrected chi connectivity index (χ2v) is 0.783. The molecule has 0 aliphatic carbocycles. The van der Waals surface area contributed by atoms with E-state index in [4.69, 9.17) is 7.10 Å². The smallest absolute Gasteiger partial charge is 0.0391 e. The molecule has 0 radical (unpaired) electrons. The van der Waals surface area contributed by atoms with E-state index in [9.17, 15) is 0 Å². The Morgan fingerprint density at radius 1 is 2.00 bits per heavy atom. The van der Waals surface area contributed by atoms with Gasteiger partial charge in [0.25, 0.3) is 0 Å². The summed E-state index contributed by atoms with van der Waals surface area (Å²) in [5.74, 6) is 0. The average Bonchev–Trinajstić information content (AvgIpc) is 1.38. The van der Waals surface area contributed by atoms with Crippen molar-refractivity contribution in [2.75, 3.05) is 12.3 Å². The summed E-state index contributed by atoms with van der Waals surface area (Å²) in [6.45, 7) is 0.336. The van der Waals surface area contributed by atoms with Gasteiger partial charge in [0.1, 0.15) is 0 Å². The van der Waals surface area contributed by atoms with Crippen LogP contribution in [0.3, 0.4) is 0 Å². The summed E-state index contributed by atoms with van der Waals surface area (Å²) in [6.07, 6.45) is 0. The lowest BCUT2D eigenvalue weighted by atomic mass is 10.8. The van der Waals surface area contributed by atoms with E-state index in [1.807, 2.05) is 0 Å². The van der Waals surface area contributed by atoms with Crippen molar-refractivity contribution in [1.82, 2.24) is 0 Å². The Kier molecular flexibility index (Phi) is 9.88. The number of nitrogens with two attached hydrogens (primary N) is 1. The number of hydrogen-bond acceptors (Lipinski definition) is 2. The molecule has 3 heteroatoms. The van der Waals surface area contributed by atoms with E-state index in [2.05, 4.69) is 12.6 Å². The molecule has 0 aromatic rings. The maximum atomic E-state index is 6.57. The molecule has 0 rings (SSSR count). The second-order valence-electron chi connectivity index (χ2n) is 0.418. The van der Waals surface area contributed by atoms with E-state index < -0.39 is 5.73 Å². The normalized spacial score (nSPS) is 15.2. The van der Waals surface area contributed by atoms with Crippen molar-refractivity contribution >= 4 is 25.0 Å². The number of rotatable bonds is 1.